The SMILES string of the molecule is COC1=C2CCc3cc4c(c(O)c3=C2C(=O)C2=C1C(=O)c1c(cc(O)c(C)c1O)C2=O)C(=O)N(c1ccc(C(=O)O)cc1)NC=4. The highest BCUT2D eigenvalue weighted by molar-refractivity contribution is 6.48. The van der Waals surface area contributed by atoms with Gasteiger partial charge in [-0.25, -0.2) is 9.80 Å². The number of aryl methyl sites for hydroxylation is 1. The topological polar surface area (TPSA) is 191 Å². The van der Waals surface area contributed by atoms with Crippen molar-refractivity contribution < 1.29 is 49.1 Å². The molecule has 0 spiro atoms. The molecule has 12 heteroatoms. The maximum absolute atomic E-state index is 14.2. The molecule has 12 nitrogen and oxygen atoms in total. The van der Waals surface area contributed by atoms with Crippen LogP contribution in [0.15, 0.2) is 58.9 Å². The summed E-state index contributed by atoms with van der Waals surface area (Å²) in [6.45, 7) is 1.38. The number of hydrogen-bond donors (Lipinski definition) is 5. The molecule has 7 rings (SSSR count). The molecule has 3 aromatic carbocycles. The van der Waals surface area contributed by atoms with Crippen molar-refractivity contribution in [3.8, 4) is 17.2 Å². The van der Waals surface area contributed by atoms with Crippen LogP contribution in [-0.4, -0.2) is 56.8 Å². The summed E-state index contributed by atoms with van der Waals surface area (Å²) < 4.78 is 5.63. The summed E-state index contributed by atoms with van der Waals surface area (Å²) in [5.41, 5.74) is 2.12. The molecule has 0 radical (unpaired) electrons. The van der Waals surface area contributed by atoms with E-state index in [1.807, 2.05) is 0 Å². The number of anilines is 1. The normalized spacial score (nSPS) is 16.8. The van der Waals surface area contributed by atoms with E-state index in [0.29, 0.717) is 10.8 Å². The van der Waals surface area contributed by atoms with Gasteiger partial charge in [-0.05, 0) is 61.7 Å². The first kappa shape index (κ1) is 27.7. The Morgan fingerprint density at radius 1 is 0.867 bits per heavy atom. The van der Waals surface area contributed by atoms with Crippen LogP contribution in [0.4, 0.5) is 5.69 Å². The van der Waals surface area contributed by atoms with Crippen LogP contribution in [0.3, 0.4) is 0 Å². The first-order chi connectivity index (χ1) is 21.5. The number of nitrogens with zero attached hydrogens (tertiary/aromatic N) is 1. The number of ketones is 3. The lowest BCUT2D eigenvalue weighted by atomic mass is 9.71. The van der Waals surface area contributed by atoms with Crippen molar-refractivity contribution in [1.82, 2.24) is 5.43 Å². The molecular weight excluding hydrogens is 584 g/mol. The minimum absolute atomic E-state index is 0.0101. The maximum Gasteiger partial charge on any atom is 0.335 e. The molecule has 0 fully saturated rings. The van der Waals surface area contributed by atoms with Gasteiger partial charge in [-0.3, -0.25) is 24.6 Å². The minimum atomic E-state index is -1.14. The molecule has 4 aliphatic rings. The highest BCUT2D eigenvalue weighted by atomic mass is 16.5. The van der Waals surface area contributed by atoms with Crippen molar-refractivity contribution in [2.75, 3.05) is 12.1 Å². The number of Topliss-reactive ketones (excluding diaryl/α,β-unsaturated/α-hetero) is 3. The number of carbonyl (C=O) groups is 5. The Balaban J connectivity index is 1.44. The molecule has 45 heavy (non-hydrogen) atoms. The predicted octanol–water partition coefficient (Wildman–Crippen LogP) is 1.67. The average Bonchev–Trinajstić information content (AvgIpc) is 3.02. The average molecular weight is 607 g/mol. The quantitative estimate of drug-likeness (QED) is 0.273. The molecule has 0 saturated carbocycles. The van der Waals surface area contributed by atoms with Crippen LogP contribution >= 0.6 is 0 Å². The fourth-order valence-electron chi connectivity index (χ4n) is 6.41. The lowest BCUT2D eigenvalue weighted by Crippen LogP contribution is -2.48. The van der Waals surface area contributed by atoms with Crippen LogP contribution < -0.4 is 20.9 Å². The van der Waals surface area contributed by atoms with Crippen LogP contribution in [0.2, 0.25) is 0 Å². The third-order valence-electron chi connectivity index (χ3n) is 8.61. The monoisotopic (exact) mass is 606 g/mol. The molecule has 3 aromatic rings. The van der Waals surface area contributed by atoms with E-state index in [0.717, 1.165) is 11.1 Å². The third kappa shape index (κ3) is 3.62. The maximum atomic E-state index is 14.2. The highest BCUT2D eigenvalue weighted by Crippen LogP contribution is 2.46. The van der Waals surface area contributed by atoms with Crippen molar-refractivity contribution in [2.45, 2.75) is 19.8 Å². The van der Waals surface area contributed by atoms with E-state index in [4.69, 9.17) is 4.74 Å². The van der Waals surface area contributed by atoms with Crippen LogP contribution in [0.5, 0.6) is 17.2 Å². The largest absolute Gasteiger partial charge is 0.508 e. The van der Waals surface area contributed by atoms with Crippen LogP contribution in [0, 0.1) is 6.92 Å². The first-order valence-electron chi connectivity index (χ1n) is 13.7. The number of methoxy groups -OCH3 is 1. The number of hydrogen-bond acceptors (Lipinski definition) is 10. The van der Waals surface area contributed by atoms with Gasteiger partial charge in [0.15, 0.2) is 11.6 Å². The first-order valence-corrected chi connectivity index (χ1v) is 13.7. The number of phenolic OH excluding ortho intramolecular Hbond substituents is 3. The second-order valence-electron chi connectivity index (χ2n) is 10.9. The van der Waals surface area contributed by atoms with Gasteiger partial charge in [-0.15, -0.1) is 0 Å². The lowest BCUT2D eigenvalue weighted by Gasteiger charge is -2.32. The molecule has 0 unspecified atom stereocenters. The smallest absolute Gasteiger partial charge is 0.335 e. The van der Waals surface area contributed by atoms with Crippen LogP contribution in [0.25, 0.3) is 11.8 Å². The number of carboxylic acids is 1. The van der Waals surface area contributed by atoms with Gasteiger partial charge in [0.1, 0.15) is 23.0 Å². The fraction of sp³-hybridized carbons (Fsp3) is 0.121. The van der Waals surface area contributed by atoms with E-state index in [-0.39, 0.29) is 74.0 Å². The number of ether oxygens (including phenoxy) is 1. The number of hydrazine groups is 1. The predicted molar refractivity (Wildman–Crippen MR) is 156 cm³/mol. The number of phenols is 3. The van der Waals surface area contributed by atoms with Crippen molar-refractivity contribution >= 4 is 46.7 Å². The Kier molecular flexibility index (Phi) is 5.78. The van der Waals surface area contributed by atoms with E-state index in [1.165, 1.54) is 44.5 Å². The van der Waals surface area contributed by atoms with Gasteiger partial charge < -0.3 is 25.2 Å². The molecule has 224 valence electrons. The number of carbonyl (C=O) groups excluding carboxylic acids is 4. The molecule has 1 amide bonds. The summed E-state index contributed by atoms with van der Waals surface area (Å²) in [5, 5.41) is 43.4. The molecule has 0 bridgehead atoms. The Morgan fingerprint density at radius 2 is 1.58 bits per heavy atom. The summed E-state index contributed by atoms with van der Waals surface area (Å²) in [5.74, 6) is -6.03. The number of fused-ring (bicyclic) bond motifs is 4. The molecule has 1 aliphatic heterocycles. The summed E-state index contributed by atoms with van der Waals surface area (Å²) in [4.78, 5) is 66.8. The van der Waals surface area contributed by atoms with Gasteiger partial charge in [0.05, 0.1) is 40.6 Å². The van der Waals surface area contributed by atoms with E-state index in [1.54, 1.807) is 6.07 Å². The van der Waals surface area contributed by atoms with Crippen molar-refractivity contribution in [3.05, 3.63) is 103 Å². The molecule has 3 aliphatic carbocycles. The zero-order chi connectivity index (χ0) is 32.1. The summed E-state index contributed by atoms with van der Waals surface area (Å²) >= 11 is 0. The second-order valence-corrected chi connectivity index (χ2v) is 10.9. The van der Waals surface area contributed by atoms with E-state index in [9.17, 15) is 44.4 Å². The number of aromatic hydroxyl groups is 3. The number of aromatic carboxylic acids is 1. The number of benzene rings is 3. The second kappa shape index (κ2) is 9.41. The molecule has 0 aromatic heterocycles. The zero-order valence-corrected chi connectivity index (χ0v) is 23.6. The number of amides is 1. The van der Waals surface area contributed by atoms with Gasteiger partial charge in [0.2, 0.25) is 5.78 Å². The van der Waals surface area contributed by atoms with Crippen LogP contribution in [-0.2, 0) is 16.0 Å². The Labute approximate surface area is 253 Å². The summed E-state index contributed by atoms with van der Waals surface area (Å²) in [6, 6.07) is 8.16. The van der Waals surface area contributed by atoms with Crippen LogP contribution in [0.1, 0.15) is 59.0 Å². The van der Waals surface area contributed by atoms with E-state index >= 15 is 0 Å². The standard InChI is InChI=1S/C33H22N2O10/c1-12-19(36)10-18-23(26(12)37)30(41)25-24(27(18)38)29(40)22-17(31(25)45-2)8-5-14-9-15-11-34-35(32(42)21(15)28(39)20(14)22)16-6-3-13(4-7-16)33(43)44/h3-4,6-7,9-11,34,36-37,39H,5,8H2,1-2H3,(H,43,44). The summed E-state index contributed by atoms with van der Waals surface area (Å²) in [7, 11) is 1.27. The molecule has 0 saturated heterocycles. The molecule has 0 atom stereocenters. The number of nitrogens with one attached hydrogen (secondary N) is 1. The Hall–Kier alpha value is -6.17. The number of rotatable bonds is 3. The fourth-order valence-corrected chi connectivity index (χ4v) is 6.41. The molecule has 1 heterocycles. The lowest BCUT2D eigenvalue weighted by molar-refractivity contribution is -0.110. The molecule has 5 N–H and O–H groups in total. The highest BCUT2D eigenvalue weighted by Gasteiger charge is 2.47. The van der Waals surface area contributed by atoms with Crippen molar-refractivity contribution in [3.63, 3.8) is 0 Å². The van der Waals surface area contributed by atoms with Gasteiger partial charge in [-0.2, -0.15) is 0 Å². The van der Waals surface area contributed by atoms with E-state index < -0.39 is 52.0 Å². The van der Waals surface area contributed by atoms with E-state index in [2.05, 4.69) is 5.43 Å². The van der Waals surface area contributed by atoms with Crippen molar-refractivity contribution in [1.29, 1.82) is 0 Å². The summed E-state index contributed by atoms with van der Waals surface area (Å²) in [6.07, 6.45) is 1.98. The Bertz CT molecular complexity index is 2210. The minimum Gasteiger partial charge on any atom is -0.508 e. The third-order valence-corrected chi connectivity index (χ3v) is 8.61. The van der Waals surface area contributed by atoms with Gasteiger partial charge in [0, 0.05) is 38.9 Å². The van der Waals surface area contributed by atoms with Crippen molar-refractivity contribution in [2.24, 2.45) is 0 Å². The van der Waals surface area contributed by atoms with Gasteiger partial charge >= 0.3 is 5.97 Å². The van der Waals surface area contributed by atoms with Gasteiger partial charge in [0.25, 0.3) is 5.91 Å². The Morgan fingerprint density at radius 3 is 2.24 bits per heavy atom. The number of allylic oxidation sites excluding steroid dienone is 3. The van der Waals surface area contributed by atoms with Gasteiger partial charge in [-0.1, -0.05) is 0 Å². The zero-order valence-electron chi connectivity index (χ0n) is 23.6. The number of carboxylic acid groups (broad SMARTS) is 1. The molecular formula is C33H22N2O10.